The summed E-state index contributed by atoms with van der Waals surface area (Å²) in [5, 5.41) is 0. The maximum atomic E-state index is 5.59. The van der Waals surface area contributed by atoms with Crippen molar-refractivity contribution in [2.75, 3.05) is 0 Å². The Labute approximate surface area is 89.6 Å². The molecule has 0 saturated carbocycles. The van der Waals surface area contributed by atoms with Crippen molar-refractivity contribution in [1.82, 2.24) is 5.43 Å². The second kappa shape index (κ2) is 5.72. The fraction of sp³-hybridized carbons (Fsp3) is 1.00. The van der Waals surface area contributed by atoms with Crippen molar-refractivity contribution in [3.05, 3.63) is 0 Å². The minimum absolute atomic E-state index is 0.378. The molecule has 0 rings (SSSR count). The topological polar surface area (TPSA) is 38.0 Å². The summed E-state index contributed by atoms with van der Waals surface area (Å²) in [7, 11) is 0. The van der Waals surface area contributed by atoms with Gasteiger partial charge in [-0.1, -0.05) is 48.0 Å². The van der Waals surface area contributed by atoms with E-state index in [0.717, 1.165) is 6.42 Å². The Bertz CT molecular complexity index is 149. The van der Waals surface area contributed by atoms with Crippen LogP contribution >= 0.6 is 0 Å². The Morgan fingerprint density at radius 1 is 1.21 bits per heavy atom. The molecule has 2 nitrogen and oxygen atoms in total. The zero-order chi connectivity index (χ0) is 11.4. The van der Waals surface area contributed by atoms with Crippen molar-refractivity contribution in [2.45, 2.75) is 60.4 Å². The predicted molar refractivity (Wildman–Crippen MR) is 63.8 cm³/mol. The normalized spacial score (nSPS) is 19.1. The minimum Gasteiger partial charge on any atom is -0.271 e. The van der Waals surface area contributed by atoms with Crippen LogP contribution in [-0.2, 0) is 0 Å². The van der Waals surface area contributed by atoms with E-state index in [-0.39, 0.29) is 0 Å². The van der Waals surface area contributed by atoms with Crippen molar-refractivity contribution in [2.24, 2.45) is 23.1 Å². The van der Waals surface area contributed by atoms with Gasteiger partial charge in [0.2, 0.25) is 0 Å². The number of hydrazine groups is 1. The van der Waals surface area contributed by atoms with Gasteiger partial charge >= 0.3 is 0 Å². The van der Waals surface area contributed by atoms with Gasteiger partial charge in [-0.2, -0.15) is 0 Å². The third kappa shape index (κ3) is 4.43. The van der Waals surface area contributed by atoms with E-state index in [1.165, 1.54) is 6.42 Å². The summed E-state index contributed by atoms with van der Waals surface area (Å²) >= 11 is 0. The largest absolute Gasteiger partial charge is 0.271 e. The molecule has 0 bridgehead atoms. The molecule has 0 aromatic rings. The molecule has 0 saturated heterocycles. The first-order valence-electron chi connectivity index (χ1n) is 5.79. The highest BCUT2D eigenvalue weighted by molar-refractivity contribution is 4.78. The standard InChI is InChI=1S/C12H28N2/c1-7-9(2)11(14-13)8-10(3)12(4,5)6/h9-11,14H,7-8,13H2,1-6H3. The zero-order valence-corrected chi connectivity index (χ0v) is 10.7. The van der Waals surface area contributed by atoms with Gasteiger partial charge in [-0.15, -0.1) is 0 Å². The molecule has 0 aliphatic heterocycles. The molecule has 2 heteroatoms. The minimum atomic E-state index is 0.378. The molecule has 3 atom stereocenters. The molecule has 0 aliphatic carbocycles. The van der Waals surface area contributed by atoms with Gasteiger partial charge in [-0.3, -0.25) is 11.3 Å². The second-order valence-electron chi connectivity index (χ2n) is 5.66. The highest BCUT2D eigenvalue weighted by Crippen LogP contribution is 2.30. The van der Waals surface area contributed by atoms with E-state index in [1.807, 2.05) is 0 Å². The Kier molecular flexibility index (Phi) is 5.68. The molecular formula is C12H28N2. The Balaban J connectivity index is 4.18. The predicted octanol–water partition coefficient (Wildman–Crippen LogP) is 2.94. The van der Waals surface area contributed by atoms with Crippen LogP contribution in [0.4, 0.5) is 0 Å². The maximum absolute atomic E-state index is 5.59. The average Bonchev–Trinajstić information content (AvgIpc) is 2.10. The number of nitrogens with one attached hydrogen (secondary N) is 1. The lowest BCUT2D eigenvalue weighted by atomic mass is 9.76. The van der Waals surface area contributed by atoms with Crippen LogP contribution in [0.1, 0.15) is 54.4 Å². The van der Waals surface area contributed by atoms with Crippen LogP contribution in [0.3, 0.4) is 0 Å². The third-order valence-corrected chi connectivity index (χ3v) is 3.63. The van der Waals surface area contributed by atoms with Crippen molar-refractivity contribution < 1.29 is 0 Å². The quantitative estimate of drug-likeness (QED) is 0.529. The highest BCUT2D eigenvalue weighted by atomic mass is 15.2. The number of nitrogens with two attached hydrogens (primary N) is 1. The average molecular weight is 200 g/mol. The molecule has 0 spiro atoms. The number of rotatable bonds is 5. The zero-order valence-electron chi connectivity index (χ0n) is 10.7. The lowest BCUT2D eigenvalue weighted by Crippen LogP contribution is -2.42. The van der Waals surface area contributed by atoms with Gasteiger partial charge in [0, 0.05) is 6.04 Å². The monoisotopic (exact) mass is 200 g/mol. The van der Waals surface area contributed by atoms with Crippen LogP contribution in [0.5, 0.6) is 0 Å². The fourth-order valence-electron chi connectivity index (χ4n) is 1.48. The first-order valence-corrected chi connectivity index (χ1v) is 5.79. The van der Waals surface area contributed by atoms with Gasteiger partial charge in [0.15, 0.2) is 0 Å². The van der Waals surface area contributed by atoms with Crippen LogP contribution in [0.25, 0.3) is 0 Å². The van der Waals surface area contributed by atoms with Crippen LogP contribution in [0.15, 0.2) is 0 Å². The van der Waals surface area contributed by atoms with E-state index in [2.05, 4.69) is 47.0 Å². The Morgan fingerprint density at radius 3 is 2.00 bits per heavy atom. The third-order valence-electron chi connectivity index (χ3n) is 3.63. The first kappa shape index (κ1) is 13.9. The summed E-state index contributed by atoms with van der Waals surface area (Å²) in [6, 6.07) is 0.453. The Hall–Kier alpha value is -0.0800. The SMILES string of the molecule is CCC(C)C(CC(C)C(C)(C)C)NN. The van der Waals surface area contributed by atoms with E-state index in [4.69, 9.17) is 5.84 Å². The van der Waals surface area contributed by atoms with Crippen molar-refractivity contribution >= 4 is 0 Å². The first-order chi connectivity index (χ1) is 6.32. The molecule has 0 amide bonds. The number of hydrogen-bond acceptors (Lipinski definition) is 2. The molecular weight excluding hydrogens is 172 g/mol. The van der Waals surface area contributed by atoms with Crippen molar-refractivity contribution in [3.8, 4) is 0 Å². The summed E-state index contributed by atoms with van der Waals surface area (Å²) in [6.45, 7) is 13.7. The highest BCUT2D eigenvalue weighted by Gasteiger charge is 2.25. The number of hydrogen-bond donors (Lipinski definition) is 2. The second-order valence-corrected chi connectivity index (χ2v) is 5.66. The van der Waals surface area contributed by atoms with Gasteiger partial charge < -0.3 is 0 Å². The molecule has 0 fully saturated rings. The van der Waals surface area contributed by atoms with Crippen LogP contribution < -0.4 is 11.3 Å². The van der Waals surface area contributed by atoms with E-state index >= 15 is 0 Å². The molecule has 3 N–H and O–H groups in total. The lowest BCUT2D eigenvalue weighted by Gasteiger charge is -2.32. The maximum Gasteiger partial charge on any atom is 0.0238 e. The molecule has 0 aliphatic rings. The van der Waals surface area contributed by atoms with Crippen LogP contribution in [-0.4, -0.2) is 6.04 Å². The van der Waals surface area contributed by atoms with Gasteiger partial charge in [0.25, 0.3) is 0 Å². The summed E-state index contributed by atoms with van der Waals surface area (Å²) in [5.74, 6) is 6.94. The molecule has 0 heterocycles. The van der Waals surface area contributed by atoms with Gasteiger partial charge in [-0.05, 0) is 23.7 Å². The summed E-state index contributed by atoms with van der Waals surface area (Å²) in [6.07, 6.45) is 2.35. The summed E-state index contributed by atoms with van der Waals surface area (Å²) in [5.41, 5.74) is 3.33. The van der Waals surface area contributed by atoms with Crippen LogP contribution in [0, 0.1) is 17.3 Å². The van der Waals surface area contributed by atoms with Crippen molar-refractivity contribution in [3.63, 3.8) is 0 Å². The van der Waals surface area contributed by atoms with Crippen LogP contribution in [0.2, 0.25) is 0 Å². The molecule has 0 radical (unpaired) electrons. The van der Waals surface area contributed by atoms with Crippen molar-refractivity contribution in [1.29, 1.82) is 0 Å². The van der Waals surface area contributed by atoms with E-state index in [9.17, 15) is 0 Å². The Morgan fingerprint density at radius 2 is 1.71 bits per heavy atom. The molecule has 86 valence electrons. The smallest absolute Gasteiger partial charge is 0.0238 e. The summed E-state index contributed by atoms with van der Waals surface area (Å²) in [4.78, 5) is 0. The molecule has 3 unspecified atom stereocenters. The van der Waals surface area contributed by atoms with Gasteiger partial charge in [0.05, 0.1) is 0 Å². The fourth-order valence-corrected chi connectivity index (χ4v) is 1.48. The van der Waals surface area contributed by atoms with Gasteiger partial charge in [-0.25, -0.2) is 0 Å². The van der Waals surface area contributed by atoms with E-state index in [0.29, 0.717) is 23.3 Å². The molecule has 0 aromatic heterocycles. The molecule has 0 aromatic carbocycles. The molecule has 14 heavy (non-hydrogen) atoms. The lowest BCUT2D eigenvalue weighted by molar-refractivity contribution is 0.200. The van der Waals surface area contributed by atoms with Gasteiger partial charge in [0.1, 0.15) is 0 Å². The van der Waals surface area contributed by atoms with E-state index < -0.39 is 0 Å². The van der Waals surface area contributed by atoms with E-state index in [1.54, 1.807) is 0 Å². The summed E-state index contributed by atoms with van der Waals surface area (Å²) < 4.78 is 0.